The summed E-state index contributed by atoms with van der Waals surface area (Å²) in [5.74, 6) is -2.25. The highest BCUT2D eigenvalue weighted by molar-refractivity contribution is 5.95. The summed E-state index contributed by atoms with van der Waals surface area (Å²) in [6.45, 7) is 1.79. The van der Waals surface area contributed by atoms with Gasteiger partial charge in [-0.2, -0.15) is 0 Å². The Kier molecular flexibility index (Phi) is 7.10. The van der Waals surface area contributed by atoms with Crippen LogP contribution in [0.3, 0.4) is 0 Å². The quantitative estimate of drug-likeness (QED) is 0.710. The molecule has 2 aromatic carbocycles. The molecule has 0 bridgehead atoms. The van der Waals surface area contributed by atoms with Gasteiger partial charge in [-0.3, -0.25) is 4.79 Å². The van der Waals surface area contributed by atoms with Crippen LogP contribution in [0, 0.1) is 11.6 Å². The number of halogens is 2. The van der Waals surface area contributed by atoms with Gasteiger partial charge in [0.25, 0.3) is 5.91 Å². The summed E-state index contributed by atoms with van der Waals surface area (Å²) in [7, 11) is 1.43. The Morgan fingerprint density at radius 2 is 1.85 bits per heavy atom. The number of esters is 1. The first-order chi connectivity index (χ1) is 12.9. The average Bonchev–Trinajstić information content (AvgIpc) is 2.67. The van der Waals surface area contributed by atoms with Gasteiger partial charge in [0.1, 0.15) is 11.6 Å². The first-order valence-electron chi connectivity index (χ1n) is 8.17. The van der Waals surface area contributed by atoms with Crippen LogP contribution in [0.4, 0.5) is 14.5 Å². The monoisotopic (exact) mass is 379 g/mol. The minimum Gasteiger partial charge on any atom is -0.493 e. The number of methoxy groups -OCH3 is 1. The normalized spacial score (nSPS) is 10.2. The Balaban J connectivity index is 1.96. The molecule has 0 fully saturated rings. The van der Waals surface area contributed by atoms with Crippen molar-refractivity contribution in [3.63, 3.8) is 0 Å². The third kappa shape index (κ3) is 5.67. The molecule has 0 saturated carbocycles. The molecule has 6 nitrogen and oxygen atoms in total. The number of amides is 1. The zero-order chi connectivity index (χ0) is 19.8. The number of anilines is 1. The molecule has 27 heavy (non-hydrogen) atoms. The van der Waals surface area contributed by atoms with Crippen molar-refractivity contribution in [2.45, 2.75) is 13.3 Å². The second-order valence-corrected chi connectivity index (χ2v) is 5.46. The molecule has 0 heterocycles. The van der Waals surface area contributed by atoms with Gasteiger partial charge >= 0.3 is 5.97 Å². The summed E-state index contributed by atoms with van der Waals surface area (Å²) in [5, 5.41) is 2.14. The molecule has 0 aliphatic carbocycles. The molecule has 0 unspecified atom stereocenters. The summed E-state index contributed by atoms with van der Waals surface area (Å²) in [6, 6.07) is 7.09. The second kappa shape index (κ2) is 9.51. The topological polar surface area (TPSA) is 73.9 Å². The molecule has 2 rings (SSSR count). The number of ether oxygens (including phenoxy) is 3. The smallest absolute Gasteiger partial charge is 0.338 e. The van der Waals surface area contributed by atoms with Gasteiger partial charge < -0.3 is 19.5 Å². The van der Waals surface area contributed by atoms with Crippen LogP contribution in [0.2, 0.25) is 0 Å². The zero-order valence-corrected chi connectivity index (χ0v) is 14.9. The standard InChI is InChI=1S/C19H19F2NO5/c1-3-8-26-16-7-4-12(9-17(16)25-2)19(24)27-11-18(23)22-15-10-13(20)5-6-14(15)21/h4-7,9-10H,3,8,11H2,1-2H3,(H,22,23). The van der Waals surface area contributed by atoms with Crippen molar-refractivity contribution >= 4 is 17.6 Å². The molecule has 0 aromatic heterocycles. The van der Waals surface area contributed by atoms with E-state index in [9.17, 15) is 18.4 Å². The zero-order valence-electron chi connectivity index (χ0n) is 14.9. The molecular weight excluding hydrogens is 360 g/mol. The summed E-state index contributed by atoms with van der Waals surface area (Å²) < 4.78 is 42.1. The molecule has 2 aromatic rings. The van der Waals surface area contributed by atoms with Crippen molar-refractivity contribution in [2.75, 3.05) is 25.6 Å². The number of carbonyl (C=O) groups is 2. The van der Waals surface area contributed by atoms with E-state index in [0.29, 0.717) is 18.1 Å². The molecule has 1 N–H and O–H groups in total. The van der Waals surface area contributed by atoms with E-state index in [1.54, 1.807) is 6.07 Å². The van der Waals surface area contributed by atoms with Crippen LogP contribution >= 0.6 is 0 Å². The van der Waals surface area contributed by atoms with E-state index < -0.39 is 30.1 Å². The van der Waals surface area contributed by atoms with Crippen molar-refractivity contribution in [2.24, 2.45) is 0 Å². The number of nitrogens with one attached hydrogen (secondary N) is 1. The van der Waals surface area contributed by atoms with E-state index in [-0.39, 0.29) is 11.3 Å². The van der Waals surface area contributed by atoms with Gasteiger partial charge in [0, 0.05) is 6.07 Å². The van der Waals surface area contributed by atoms with Crippen LogP contribution < -0.4 is 14.8 Å². The number of carbonyl (C=O) groups excluding carboxylic acids is 2. The van der Waals surface area contributed by atoms with Crippen LogP contribution in [-0.2, 0) is 9.53 Å². The van der Waals surface area contributed by atoms with Crippen molar-refractivity contribution in [3.05, 3.63) is 53.6 Å². The minimum absolute atomic E-state index is 0.153. The lowest BCUT2D eigenvalue weighted by atomic mass is 10.2. The van der Waals surface area contributed by atoms with Gasteiger partial charge in [-0.15, -0.1) is 0 Å². The van der Waals surface area contributed by atoms with Gasteiger partial charge in [-0.1, -0.05) is 6.92 Å². The predicted molar refractivity (Wildman–Crippen MR) is 94.1 cm³/mol. The lowest BCUT2D eigenvalue weighted by Crippen LogP contribution is -2.21. The van der Waals surface area contributed by atoms with Crippen LogP contribution in [-0.4, -0.2) is 32.2 Å². The first-order valence-corrected chi connectivity index (χ1v) is 8.17. The van der Waals surface area contributed by atoms with Crippen LogP contribution in [0.1, 0.15) is 23.7 Å². The molecule has 8 heteroatoms. The summed E-state index contributed by atoms with van der Waals surface area (Å²) in [5.41, 5.74) is -0.185. The average molecular weight is 379 g/mol. The SMILES string of the molecule is CCCOc1ccc(C(=O)OCC(=O)Nc2cc(F)ccc2F)cc1OC. The van der Waals surface area contributed by atoms with E-state index in [4.69, 9.17) is 14.2 Å². The highest BCUT2D eigenvalue weighted by atomic mass is 19.1. The highest BCUT2D eigenvalue weighted by Gasteiger charge is 2.15. The van der Waals surface area contributed by atoms with Crippen molar-refractivity contribution in [3.8, 4) is 11.5 Å². The van der Waals surface area contributed by atoms with Crippen molar-refractivity contribution < 1.29 is 32.6 Å². The molecule has 0 aliphatic heterocycles. The van der Waals surface area contributed by atoms with Gasteiger partial charge in [0.05, 0.1) is 25.0 Å². The molecule has 0 aliphatic rings. The number of benzene rings is 2. The molecule has 144 valence electrons. The number of hydrogen-bond acceptors (Lipinski definition) is 5. The molecule has 0 radical (unpaired) electrons. The third-order valence-corrected chi connectivity index (χ3v) is 3.40. The van der Waals surface area contributed by atoms with Crippen LogP contribution in [0.15, 0.2) is 36.4 Å². The Bertz CT molecular complexity index is 826. The van der Waals surface area contributed by atoms with E-state index in [2.05, 4.69) is 5.32 Å². The van der Waals surface area contributed by atoms with Gasteiger partial charge in [0.15, 0.2) is 18.1 Å². The predicted octanol–water partition coefficient (Wildman–Crippen LogP) is 3.56. The molecule has 1 amide bonds. The Morgan fingerprint density at radius 3 is 2.56 bits per heavy atom. The summed E-state index contributed by atoms with van der Waals surface area (Å²) in [6.07, 6.45) is 0.813. The lowest BCUT2D eigenvalue weighted by Gasteiger charge is -2.11. The molecular formula is C19H19F2NO5. The fourth-order valence-corrected chi connectivity index (χ4v) is 2.12. The van der Waals surface area contributed by atoms with E-state index in [1.165, 1.54) is 19.2 Å². The van der Waals surface area contributed by atoms with Gasteiger partial charge in [-0.25, -0.2) is 13.6 Å². The van der Waals surface area contributed by atoms with Gasteiger partial charge in [0.2, 0.25) is 0 Å². The van der Waals surface area contributed by atoms with Crippen molar-refractivity contribution in [1.82, 2.24) is 0 Å². The first kappa shape index (κ1) is 20.2. The number of hydrogen-bond donors (Lipinski definition) is 1. The van der Waals surface area contributed by atoms with Crippen LogP contribution in [0.25, 0.3) is 0 Å². The Hall–Kier alpha value is -3.16. The lowest BCUT2D eigenvalue weighted by molar-refractivity contribution is -0.119. The van der Waals surface area contributed by atoms with E-state index >= 15 is 0 Å². The third-order valence-electron chi connectivity index (χ3n) is 3.40. The van der Waals surface area contributed by atoms with Crippen LogP contribution in [0.5, 0.6) is 11.5 Å². The number of rotatable bonds is 8. The molecule has 0 spiro atoms. The van der Waals surface area contributed by atoms with Gasteiger partial charge in [-0.05, 0) is 36.8 Å². The maximum Gasteiger partial charge on any atom is 0.338 e. The second-order valence-electron chi connectivity index (χ2n) is 5.46. The van der Waals surface area contributed by atoms with E-state index in [0.717, 1.165) is 24.6 Å². The fraction of sp³-hybridized carbons (Fsp3) is 0.263. The molecule has 0 saturated heterocycles. The van der Waals surface area contributed by atoms with Crippen molar-refractivity contribution in [1.29, 1.82) is 0 Å². The van der Waals surface area contributed by atoms with E-state index in [1.807, 2.05) is 6.92 Å². The Morgan fingerprint density at radius 1 is 1.07 bits per heavy atom. The maximum atomic E-state index is 13.5. The minimum atomic E-state index is -0.803. The Labute approximate surface area is 155 Å². The maximum absolute atomic E-state index is 13.5. The molecule has 0 atom stereocenters. The fourth-order valence-electron chi connectivity index (χ4n) is 2.12. The highest BCUT2D eigenvalue weighted by Crippen LogP contribution is 2.28. The summed E-state index contributed by atoms with van der Waals surface area (Å²) in [4.78, 5) is 23.9. The summed E-state index contributed by atoms with van der Waals surface area (Å²) >= 11 is 0. The largest absolute Gasteiger partial charge is 0.493 e.